The molecular weight excluding hydrogens is 481 g/mol. The van der Waals surface area contributed by atoms with E-state index >= 15 is 0 Å². The van der Waals surface area contributed by atoms with Crippen molar-refractivity contribution >= 4 is 43.0 Å². The standard InChI is InChI=1S/C18H18ClF3N2O5S2/c1-29-16-7-5-13(24-8-2-3-9-30(24,25)26)11-17(16)31(27,28)23-12-4-6-15(19)14(10-12)18(20,21)22/h4-7,10-11,23H,2-3,8-9H2,1H3. The van der Waals surface area contributed by atoms with Gasteiger partial charge in [-0.1, -0.05) is 11.6 Å². The molecule has 0 amide bonds. The third-order valence-corrected chi connectivity index (χ3v) is 8.20. The zero-order valence-electron chi connectivity index (χ0n) is 16.1. The van der Waals surface area contributed by atoms with E-state index in [-0.39, 0.29) is 29.4 Å². The van der Waals surface area contributed by atoms with Gasteiger partial charge in [-0.15, -0.1) is 0 Å². The first kappa shape index (κ1) is 23.5. The molecule has 170 valence electrons. The van der Waals surface area contributed by atoms with Crippen LogP contribution in [0.3, 0.4) is 0 Å². The summed E-state index contributed by atoms with van der Waals surface area (Å²) in [6, 6.07) is 6.40. The van der Waals surface area contributed by atoms with Gasteiger partial charge in [-0.05, 0) is 49.2 Å². The normalized spacial score (nSPS) is 16.7. The predicted molar refractivity (Wildman–Crippen MR) is 111 cm³/mol. The Bertz CT molecular complexity index is 1200. The molecule has 0 aliphatic carbocycles. The van der Waals surface area contributed by atoms with Gasteiger partial charge in [0.25, 0.3) is 10.0 Å². The van der Waals surface area contributed by atoms with E-state index in [1.807, 2.05) is 0 Å². The predicted octanol–water partition coefficient (Wildman–Crippen LogP) is 4.10. The molecule has 1 saturated heterocycles. The Labute approximate surface area is 182 Å². The molecule has 0 bridgehead atoms. The van der Waals surface area contributed by atoms with Crippen molar-refractivity contribution in [1.29, 1.82) is 0 Å². The number of anilines is 2. The molecular formula is C18H18ClF3N2O5S2. The van der Waals surface area contributed by atoms with Gasteiger partial charge in [-0.2, -0.15) is 13.2 Å². The van der Waals surface area contributed by atoms with Crippen LogP contribution in [0.25, 0.3) is 0 Å². The maximum absolute atomic E-state index is 13.1. The minimum Gasteiger partial charge on any atom is -0.495 e. The van der Waals surface area contributed by atoms with E-state index in [9.17, 15) is 30.0 Å². The number of hydrogen-bond donors (Lipinski definition) is 1. The van der Waals surface area contributed by atoms with Crippen molar-refractivity contribution < 1.29 is 34.7 Å². The number of benzene rings is 2. The highest BCUT2D eigenvalue weighted by Gasteiger charge is 2.34. The monoisotopic (exact) mass is 498 g/mol. The highest BCUT2D eigenvalue weighted by Crippen LogP contribution is 2.37. The number of nitrogens with zero attached hydrogens (tertiary/aromatic N) is 1. The largest absolute Gasteiger partial charge is 0.495 e. The van der Waals surface area contributed by atoms with E-state index in [2.05, 4.69) is 4.72 Å². The van der Waals surface area contributed by atoms with Crippen molar-refractivity contribution in [2.75, 3.05) is 28.4 Å². The van der Waals surface area contributed by atoms with Crippen LogP contribution in [-0.4, -0.2) is 36.2 Å². The Morgan fingerprint density at radius 3 is 2.45 bits per heavy atom. The molecule has 1 fully saturated rings. The van der Waals surface area contributed by atoms with Crippen LogP contribution in [0, 0.1) is 0 Å². The Hall–Kier alpha value is -2.18. The van der Waals surface area contributed by atoms with Crippen LogP contribution < -0.4 is 13.8 Å². The number of hydrogen-bond acceptors (Lipinski definition) is 5. The van der Waals surface area contributed by atoms with Crippen LogP contribution in [0.2, 0.25) is 5.02 Å². The lowest BCUT2D eigenvalue weighted by molar-refractivity contribution is -0.137. The van der Waals surface area contributed by atoms with Gasteiger partial charge in [0.2, 0.25) is 10.0 Å². The highest BCUT2D eigenvalue weighted by atomic mass is 35.5. The number of ether oxygens (including phenoxy) is 1. The lowest BCUT2D eigenvalue weighted by Crippen LogP contribution is -2.37. The van der Waals surface area contributed by atoms with E-state index < -0.39 is 41.7 Å². The van der Waals surface area contributed by atoms with Crippen LogP contribution in [-0.2, 0) is 26.2 Å². The zero-order valence-corrected chi connectivity index (χ0v) is 18.5. The molecule has 0 saturated carbocycles. The van der Waals surface area contributed by atoms with Crippen LogP contribution in [0.1, 0.15) is 18.4 Å². The van der Waals surface area contributed by atoms with Crippen LogP contribution in [0.5, 0.6) is 5.75 Å². The second kappa shape index (κ2) is 8.40. The molecule has 3 rings (SSSR count). The lowest BCUT2D eigenvalue weighted by atomic mass is 10.2. The topological polar surface area (TPSA) is 92.8 Å². The van der Waals surface area contributed by atoms with Crippen molar-refractivity contribution in [3.8, 4) is 5.75 Å². The Kier molecular flexibility index (Phi) is 6.36. The number of rotatable bonds is 5. The summed E-state index contributed by atoms with van der Waals surface area (Å²) in [6.07, 6.45) is -3.67. The minimum atomic E-state index is -4.78. The van der Waals surface area contributed by atoms with E-state index in [0.29, 0.717) is 18.9 Å². The fraction of sp³-hybridized carbons (Fsp3) is 0.333. The Morgan fingerprint density at radius 2 is 1.84 bits per heavy atom. The summed E-state index contributed by atoms with van der Waals surface area (Å²) in [7, 11) is -6.83. The molecule has 31 heavy (non-hydrogen) atoms. The molecule has 2 aromatic carbocycles. The smallest absolute Gasteiger partial charge is 0.417 e. The summed E-state index contributed by atoms with van der Waals surface area (Å²) in [5.74, 6) is -0.166. The molecule has 0 radical (unpaired) electrons. The molecule has 2 aromatic rings. The summed E-state index contributed by atoms with van der Waals surface area (Å²) in [5, 5.41) is -0.578. The van der Waals surface area contributed by atoms with Gasteiger partial charge >= 0.3 is 6.18 Å². The summed E-state index contributed by atoms with van der Waals surface area (Å²) >= 11 is 5.57. The third kappa shape index (κ3) is 5.01. The van der Waals surface area contributed by atoms with Crippen molar-refractivity contribution in [2.24, 2.45) is 0 Å². The quantitative estimate of drug-likeness (QED) is 0.670. The third-order valence-electron chi connectivity index (χ3n) is 4.60. The van der Waals surface area contributed by atoms with Gasteiger partial charge in [0.1, 0.15) is 10.6 Å². The van der Waals surface area contributed by atoms with Crippen LogP contribution >= 0.6 is 11.6 Å². The highest BCUT2D eigenvalue weighted by molar-refractivity contribution is 7.93. The maximum atomic E-state index is 13.1. The van der Waals surface area contributed by atoms with E-state index in [0.717, 1.165) is 22.5 Å². The number of nitrogens with one attached hydrogen (secondary N) is 1. The molecule has 13 heteroatoms. The van der Waals surface area contributed by atoms with E-state index in [1.54, 1.807) is 0 Å². The molecule has 0 spiro atoms. The second-order valence-corrected chi connectivity index (χ2v) is 10.8. The Balaban J connectivity index is 2.03. The first-order valence-electron chi connectivity index (χ1n) is 8.93. The molecule has 7 nitrogen and oxygen atoms in total. The molecule has 1 N–H and O–H groups in total. The van der Waals surface area contributed by atoms with E-state index in [4.69, 9.17) is 16.3 Å². The van der Waals surface area contributed by atoms with Crippen molar-refractivity contribution in [3.05, 3.63) is 47.0 Å². The maximum Gasteiger partial charge on any atom is 0.417 e. The number of sulfonamides is 2. The van der Waals surface area contributed by atoms with Gasteiger partial charge in [-0.25, -0.2) is 16.8 Å². The SMILES string of the molecule is COc1ccc(N2CCCCS2(=O)=O)cc1S(=O)(=O)Nc1ccc(Cl)c(C(F)(F)F)c1. The van der Waals surface area contributed by atoms with Gasteiger partial charge in [0.05, 0.1) is 29.1 Å². The summed E-state index contributed by atoms with van der Waals surface area (Å²) in [4.78, 5) is -0.420. The van der Waals surface area contributed by atoms with Gasteiger partial charge in [-0.3, -0.25) is 9.03 Å². The van der Waals surface area contributed by atoms with Crippen molar-refractivity contribution in [2.45, 2.75) is 23.9 Å². The summed E-state index contributed by atoms with van der Waals surface area (Å²) < 4.78 is 98.1. The van der Waals surface area contributed by atoms with Crippen LogP contribution in [0.4, 0.5) is 24.5 Å². The number of alkyl halides is 3. The molecule has 0 atom stereocenters. The first-order valence-corrected chi connectivity index (χ1v) is 12.4. The summed E-state index contributed by atoms with van der Waals surface area (Å²) in [6.45, 7) is 0.188. The average molecular weight is 499 g/mol. The zero-order chi connectivity index (χ0) is 23.0. The molecule has 0 aromatic heterocycles. The average Bonchev–Trinajstić information content (AvgIpc) is 2.67. The Morgan fingerprint density at radius 1 is 1.13 bits per heavy atom. The minimum absolute atomic E-state index is 0.0651. The molecule has 1 aliphatic rings. The number of methoxy groups -OCH3 is 1. The second-order valence-electron chi connectivity index (χ2n) is 6.73. The summed E-state index contributed by atoms with van der Waals surface area (Å²) in [5.41, 5.74) is -1.45. The number of halogens is 4. The first-order chi connectivity index (χ1) is 14.3. The molecule has 0 unspecified atom stereocenters. The molecule has 1 aliphatic heterocycles. The van der Waals surface area contributed by atoms with E-state index in [1.165, 1.54) is 19.2 Å². The van der Waals surface area contributed by atoms with Gasteiger partial charge in [0.15, 0.2) is 0 Å². The van der Waals surface area contributed by atoms with Crippen molar-refractivity contribution in [3.63, 3.8) is 0 Å². The van der Waals surface area contributed by atoms with Crippen molar-refractivity contribution in [1.82, 2.24) is 0 Å². The van der Waals surface area contributed by atoms with Gasteiger partial charge < -0.3 is 4.74 Å². The molecule has 1 heterocycles. The lowest BCUT2D eigenvalue weighted by Gasteiger charge is -2.28. The van der Waals surface area contributed by atoms with Gasteiger partial charge in [0, 0.05) is 12.2 Å². The fourth-order valence-corrected chi connectivity index (χ4v) is 6.22. The fourth-order valence-electron chi connectivity index (χ4n) is 3.13. The van der Waals surface area contributed by atoms with Crippen LogP contribution in [0.15, 0.2) is 41.3 Å².